The Balaban J connectivity index is 2.35. The number of hydrogen-bond acceptors (Lipinski definition) is 3. The first-order valence-corrected chi connectivity index (χ1v) is 6.89. The minimum absolute atomic E-state index is 0.0271. The number of rotatable bonds is 6. The highest BCUT2D eigenvalue weighted by Gasteiger charge is 2.20. The van der Waals surface area contributed by atoms with Crippen LogP contribution in [0.15, 0.2) is 0 Å². The molecule has 5 heteroatoms. The van der Waals surface area contributed by atoms with Gasteiger partial charge in [0, 0.05) is 13.1 Å². The van der Waals surface area contributed by atoms with Crippen LogP contribution in [-0.4, -0.2) is 47.6 Å². The van der Waals surface area contributed by atoms with E-state index in [9.17, 15) is 9.59 Å². The molecule has 0 aliphatic carbocycles. The molecule has 0 saturated carbocycles. The summed E-state index contributed by atoms with van der Waals surface area (Å²) < 4.78 is 0. The topological polar surface area (TPSA) is 69.6 Å². The van der Waals surface area contributed by atoms with Gasteiger partial charge >= 0.3 is 5.97 Å². The summed E-state index contributed by atoms with van der Waals surface area (Å²) in [7, 11) is 0. The number of carbonyl (C=O) groups is 2. The van der Waals surface area contributed by atoms with Gasteiger partial charge in [0.2, 0.25) is 5.91 Å². The largest absolute Gasteiger partial charge is 0.480 e. The van der Waals surface area contributed by atoms with Crippen molar-refractivity contribution in [2.45, 2.75) is 51.5 Å². The van der Waals surface area contributed by atoms with Crippen LogP contribution in [0.3, 0.4) is 0 Å². The van der Waals surface area contributed by atoms with Gasteiger partial charge in [0.15, 0.2) is 0 Å². The van der Waals surface area contributed by atoms with Gasteiger partial charge in [-0.3, -0.25) is 14.9 Å². The van der Waals surface area contributed by atoms with Crippen LogP contribution in [0.1, 0.15) is 45.4 Å². The van der Waals surface area contributed by atoms with Crippen LogP contribution in [0, 0.1) is 0 Å². The van der Waals surface area contributed by atoms with E-state index >= 15 is 0 Å². The van der Waals surface area contributed by atoms with Crippen LogP contribution in [0.2, 0.25) is 0 Å². The predicted octanol–water partition coefficient (Wildman–Crippen LogP) is 1.23. The fourth-order valence-electron chi connectivity index (χ4n) is 2.24. The van der Waals surface area contributed by atoms with Crippen LogP contribution >= 0.6 is 0 Å². The minimum atomic E-state index is -0.875. The summed E-state index contributed by atoms with van der Waals surface area (Å²) in [5.41, 5.74) is 0. The molecule has 1 aliphatic heterocycles. The maximum Gasteiger partial charge on any atom is 0.320 e. The zero-order chi connectivity index (χ0) is 13.4. The van der Waals surface area contributed by atoms with Gasteiger partial charge in [-0.25, -0.2) is 0 Å². The lowest BCUT2D eigenvalue weighted by molar-refractivity contribution is -0.140. The first kappa shape index (κ1) is 15.0. The molecule has 1 heterocycles. The Morgan fingerprint density at radius 2 is 1.83 bits per heavy atom. The van der Waals surface area contributed by atoms with Crippen molar-refractivity contribution in [2.75, 3.05) is 19.6 Å². The monoisotopic (exact) mass is 256 g/mol. The van der Waals surface area contributed by atoms with Gasteiger partial charge in [-0.1, -0.05) is 26.2 Å². The van der Waals surface area contributed by atoms with Gasteiger partial charge in [-0.2, -0.15) is 0 Å². The lowest BCUT2D eigenvalue weighted by atomic mass is 10.1. The molecule has 0 aromatic carbocycles. The number of carboxylic acids is 1. The molecule has 1 fully saturated rings. The van der Waals surface area contributed by atoms with E-state index in [1.54, 1.807) is 0 Å². The van der Waals surface area contributed by atoms with Gasteiger partial charge in [0.25, 0.3) is 0 Å². The third-order valence-electron chi connectivity index (χ3n) is 3.33. The number of nitrogens with one attached hydrogen (secondary N) is 1. The molecule has 1 unspecified atom stereocenters. The Hall–Kier alpha value is -1.10. The van der Waals surface area contributed by atoms with Gasteiger partial charge in [-0.15, -0.1) is 0 Å². The molecule has 1 rings (SSSR count). The molecule has 1 atom stereocenters. The zero-order valence-electron chi connectivity index (χ0n) is 11.2. The van der Waals surface area contributed by atoms with E-state index in [2.05, 4.69) is 5.32 Å². The minimum Gasteiger partial charge on any atom is -0.480 e. The third-order valence-corrected chi connectivity index (χ3v) is 3.33. The predicted molar refractivity (Wildman–Crippen MR) is 69.4 cm³/mol. The van der Waals surface area contributed by atoms with Crippen LogP contribution in [0.25, 0.3) is 0 Å². The number of carboxylic acid groups (broad SMARTS) is 1. The quantitative estimate of drug-likeness (QED) is 0.750. The Morgan fingerprint density at radius 1 is 1.22 bits per heavy atom. The number of hydrogen-bond donors (Lipinski definition) is 2. The van der Waals surface area contributed by atoms with Gasteiger partial charge in [-0.05, 0) is 19.3 Å². The standard InChI is InChI=1S/C13H24N2O3/c1-2-7-11(13(17)18)14-10-12(16)15-8-5-3-4-6-9-15/h11,14H,2-10H2,1H3,(H,17,18). The molecule has 0 spiro atoms. The number of amides is 1. The fourth-order valence-corrected chi connectivity index (χ4v) is 2.24. The average molecular weight is 256 g/mol. The number of aliphatic carboxylic acids is 1. The van der Waals surface area contributed by atoms with Gasteiger partial charge < -0.3 is 10.0 Å². The van der Waals surface area contributed by atoms with Crippen molar-refractivity contribution >= 4 is 11.9 Å². The summed E-state index contributed by atoms with van der Waals surface area (Å²) in [4.78, 5) is 24.8. The van der Waals surface area contributed by atoms with Crippen LogP contribution in [0.4, 0.5) is 0 Å². The van der Waals surface area contributed by atoms with Crippen molar-refractivity contribution in [3.05, 3.63) is 0 Å². The molecule has 5 nitrogen and oxygen atoms in total. The number of likely N-dealkylation sites (tertiary alicyclic amines) is 1. The highest BCUT2D eigenvalue weighted by atomic mass is 16.4. The van der Waals surface area contributed by atoms with E-state index in [1.807, 2.05) is 11.8 Å². The van der Waals surface area contributed by atoms with E-state index in [0.717, 1.165) is 32.4 Å². The number of nitrogens with zero attached hydrogens (tertiary/aromatic N) is 1. The maximum atomic E-state index is 12.0. The summed E-state index contributed by atoms with van der Waals surface area (Å²) in [5, 5.41) is 11.8. The second-order valence-electron chi connectivity index (χ2n) is 4.86. The highest BCUT2D eigenvalue weighted by molar-refractivity contribution is 5.80. The lowest BCUT2D eigenvalue weighted by Gasteiger charge is -2.21. The van der Waals surface area contributed by atoms with E-state index in [0.29, 0.717) is 6.42 Å². The Kier molecular flexibility index (Phi) is 6.72. The third kappa shape index (κ3) is 5.04. The molecule has 0 aromatic rings. The fraction of sp³-hybridized carbons (Fsp3) is 0.846. The second-order valence-corrected chi connectivity index (χ2v) is 4.86. The average Bonchev–Trinajstić information content (AvgIpc) is 2.62. The van der Waals surface area contributed by atoms with Crippen molar-refractivity contribution in [3.63, 3.8) is 0 Å². The highest BCUT2D eigenvalue weighted by Crippen LogP contribution is 2.09. The summed E-state index contributed by atoms with van der Waals surface area (Å²) in [6.07, 6.45) is 5.84. The smallest absolute Gasteiger partial charge is 0.320 e. The van der Waals surface area contributed by atoms with Crippen molar-refractivity contribution in [1.29, 1.82) is 0 Å². The van der Waals surface area contributed by atoms with E-state index in [-0.39, 0.29) is 12.5 Å². The Bertz CT molecular complexity index is 273. The normalized spacial score (nSPS) is 18.2. The van der Waals surface area contributed by atoms with Crippen molar-refractivity contribution in [2.24, 2.45) is 0 Å². The molecule has 2 N–H and O–H groups in total. The Morgan fingerprint density at radius 3 is 2.33 bits per heavy atom. The first-order valence-electron chi connectivity index (χ1n) is 6.89. The molecule has 1 aliphatic rings. The summed E-state index contributed by atoms with van der Waals surface area (Å²) in [6.45, 7) is 3.70. The first-order chi connectivity index (χ1) is 8.65. The lowest BCUT2D eigenvalue weighted by Crippen LogP contribution is -2.44. The molecule has 104 valence electrons. The summed E-state index contributed by atoms with van der Waals surface area (Å²) >= 11 is 0. The van der Waals surface area contributed by atoms with Crippen LogP contribution in [0.5, 0.6) is 0 Å². The van der Waals surface area contributed by atoms with E-state index < -0.39 is 12.0 Å². The van der Waals surface area contributed by atoms with Gasteiger partial charge in [0.1, 0.15) is 6.04 Å². The van der Waals surface area contributed by atoms with Crippen LogP contribution in [-0.2, 0) is 9.59 Å². The molecular weight excluding hydrogens is 232 g/mol. The second kappa shape index (κ2) is 8.08. The maximum absolute atomic E-state index is 12.0. The van der Waals surface area contributed by atoms with Crippen molar-refractivity contribution in [1.82, 2.24) is 10.2 Å². The molecule has 0 radical (unpaired) electrons. The van der Waals surface area contributed by atoms with Gasteiger partial charge in [0.05, 0.1) is 6.54 Å². The Labute approximate surface area is 109 Å². The molecule has 0 aromatic heterocycles. The van der Waals surface area contributed by atoms with E-state index in [1.165, 1.54) is 12.8 Å². The van der Waals surface area contributed by atoms with Crippen LogP contribution < -0.4 is 5.32 Å². The zero-order valence-corrected chi connectivity index (χ0v) is 11.2. The molecule has 1 amide bonds. The summed E-state index contributed by atoms with van der Waals surface area (Å²) in [5.74, 6) is -0.847. The van der Waals surface area contributed by atoms with Crippen molar-refractivity contribution < 1.29 is 14.7 Å². The SMILES string of the molecule is CCCC(NCC(=O)N1CCCCCC1)C(=O)O. The molecule has 1 saturated heterocycles. The molecule has 0 bridgehead atoms. The molecule has 18 heavy (non-hydrogen) atoms. The number of carbonyl (C=O) groups excluding carboxylic acids is 1. The van der Waals surface area contributed by atoms with E-state index in [4.69, 9.17) is 5.11 Å². The molecular formula is C13H24N2O3. The van der Waals surface area contributed by atoms with Crippen molar-refractivity contribution in [3.8, 4) is 0 Å². The summed E-state index contributed by atoms with van der Waals surface area (Å²) in [6, 6.07) is -0.606.